The zero-order chi connectivity index (χ0) is 16.5. The van der Waals surface area contributed by atoms with Gasteiger partial charge in [0.25, 0.3) is 0 Å². The Morgan fingerprint density at radius 1 is 1.12 bits per heavy atom. The van der Waals surface area contributed by atoms with Crippen LogP contribution in [0.1, 0.15) is 23.6 Å². The maximum atomic E-state index is 13.6. The number of carbonyl (C=O) groups is 1. The predicted octanol–water partition coefficient (Wildman–Crippen LogP) is 2.98. The number of rotatable bonds is 4. The van der Waals surface area contributed by atoms with Gasteiger partial charge in [0.15, 0.2) is 0 Å². The van der Waals surface area contributed by atoms with E-state index in [0.717, 1.165) is 18.5 Å². The van der Waals surface area contributed by atoms with E-state index in [-0.39, 0.29) is 42.8 Å². The first-order chi connectivity index (χ1) is 11.7. The second-order valence-electron chi connectivity index (χ2n) is 6.39. The summed E-state index contributed by atoms with van der Waals surface area (Å²) in [6.07, 6.45) is 0.957. The van der Waals surface area contributed by atoms with Gasteiger partial charge in [0.05, 0.1) is 6.04 Å². The Balaban J connectivity index is 0.00000182. The lowest BCUT2D eigenvalue weighted by Crippen LogP contribution is -2.35. The molecule has 0 bridgehead atoms. The lowest BCUT2D eigenvalue weighted by atomic mass is 9.98. The first-order valence-corrected chi connectivity index (χ1v) is 8.20. The normalized spacial score (nSPS) is 24.4. The van der Waals surface area contributed by atoms with Crippen LogP contribution in [0.4, 0.5) is 4.39 Å². The molecule has 2 heterocycles. The summed E-state index contributed by atoms with van der Waals surface area (Å²) in [6, 6.07) is 14.6. The van der Waals surface area contributed by atoms with Gasteiger partial charge in [-0.2, -0.15) is 0 Å². The highest BCUT2D eigenvalue weighted by Gasteiger charge is 2.42. The van der Waals surface area contributed by atoms with Crippen LogP contribution in [-0.4, -0.2) is 18.5 Å². The molecule has 2 fully saturated rings. The first-order valence-electron chi connectivity index (χ1n) is 8.20. The van der Waals surface area contributed by atoms with Gasteiger partial charge in [0.2, 0.25) is 5.91 Å². The second-order valence-corrected chi connectivity index (χ2v) is 6.39. The fourth-order valence-electron chi connectivity index (χ4n) is 3.50. The molecule has 2 saturated heterocycles. The Morgan fingerprint density at radius 2 is 1.88 bits per heavy atom. The zero-order valence-corrected chi connectivity index (χ0v) is 14.4. The Morgan fingerprint density at radius 3 is 2.60 bits per heavy atom. The smallest absolute Gasteiger partial charge is 0.237 e. The summed E-state index contributed by atoms with van der Waals surface area (Å²) < 4.78 is 19.2. The van der Waals surface area contributed by atoms with E-state index in [1.54, 1.807) is 18.2 Å². The van der Waals surface area contributed by atoms with Crippen molar-refractivity contribution in [3.63, 3.8) is 0 Å². The van der Waals surface area contributed by atoms with E-state index in [1.165, 1.54) is 6.07 Å². The molecular formula is C19H20ClFN2O2. The Bertz CT molecular complexity index is 753. The van der Waals surface area contributed by atoms with Crippen LogP contribution in [0.5, 0.6) is 5.75 Å². The number of ether oxygens (including phenoxy) is 1. The van der Waals surface area contributed by atoms with E-state index in [9.17, 15) is 9.18 Å². The predicted molar refractivity (Wildman–Crippen MR) is 95.2 cm³/mol. The molecule has 4 nitrogen and oxygen atoms in total. The molecule has 6 heteroatoms. The highest BCUT2D eigenvalue weighted by molar-refractivity contribution is 5.85. The van der Waals surface area contributed by atoms with Gasteiger partial charge in [-0.05, 0) is 30.2 Å². The van der Waals surface area contributed by atoms with Crippen molar-refractivity contribution in [3.8, 4) is 5.75 Å². The van der Waals surface area contributed by atoms with E-state index in [2.05, 4.69) is 10.6 Å². The Hall–Kier alpha value is -2.11. The summed E-state index contributed by atoms with van der Waals surface area (Å²) in [5.74, 6) is 0.929. The fourth-order valence-corrected chi connectivity index (χ4v) is 3.50. The van der Waals surface area contributed by atoms with Crippen LogP contribution in [0.25, 0.3) is 0 Å². The minimum absolute atomic E-state index is 0. The molecule has 0 saturated carbocycles. The molecule has 2 aromatic rings. The molecule has 2 aromatic carbocycles. The molecule has 2 aliphatic rings. The molecule has 0 unspecified atom stereocenters. The number of halogens is 2. The molecule has 0 spiro atoms. The van der Waals surface area contributed by atoms with Crippen LogP contribution >= 0.6 is 12.4 Å². The molecule has 1 amide bonds. The monoisotopic (exact) mass is 362 g/mol. The third-order valence-corrected chi connectivity index (χ3v) is 4.85. The number of nitrogens with one attached hydrogen (secondary N) is 2. The van der Waals surface area contributed by atoms with Gasteiger partial charge >= 0.3 is 0 Å². The topological polar surface area (TPSA) is 50.4 Å². The van der Waals surface area contributed by atoms with Crippen molar-refractivity contribution < 1.29 is 13.9 Å². The highest BCUT2D eigenvalue weighted by atomic mass is 35.5. The summed E-state index contributed by atoms with van der Waals surface area (Å²) in [7, 11) is 0. The largest absolute Gasteiger partial charge is 0.489 e. The molecule has 3 atom stereocenters. The Labute approximate surface area is 152 Å². The van der Waals surface area contributed by atoms with E-state index in [1.807, 2.05) is 24.3 Å². The number of fused-ring (bicyclic) bond motifs is 1. The van der Waals surface area contributed by atoms with Crippen molar-refractivity contribution in [2.45, 2.75) is 25.1 Å². The standard InChI is InChI=1S/C19H19FN2O2.ClH/c20-16-4-2-1-3-13(16)11-24-15-7-5-12(6-8-15)17-9-14-10-21-19(23)18(14)22-17;/h1-8,14,17-18,22H,9-11H2,(H,21,23);1H/t14-,17-,18-;/m1./s1. The van der Waals surface area contributed by atoms with E-state index < -0.39 is 0 Å². The van der Waals surface area contributed by atoms with Crippen molar-refractivity contribution >= 4 is 18.3 Å². The van der Waals surface area contributed by atoms with Gasteiger partial charge in [-0.15, -0.1) is 12.4 Å². The molecule has 0 aromatic heterocycles. The highest BCUT2D eigenvalue weighted by Crippen LogP contribution is 2.34. The van der Waals surface area contributed by atoms with Gasteiger partial charge in [0.1, 0.15) is 18.2 Å². The average molecular weight is 363 g/mol. The van der Waals surface area contributed by atoms with Crippen molar-refractivity contribution in [3.05, 3.63) is 65.5 Å². The van der Waals surface area contributed by atoms with Crippen molar-refractivity contribution in [2.24, 2.45) is 5.92 Å². The minimum atomic E-state index is -0.255. The van der Waals surface area contributed by atoms with Crippen LogP contribution < -0.4 is 15.4 Å². The van der Waals surface area contributed by atoms with Crippen LogP contribution in [-0.2, 0) is 11.4 Å². The lowest BCUT2D eigenvalue weighted by molar-refractivity contribution is -0.120. The zero-order valence-electron chi connectivity index (χ0n) is 13.6. The van der Waals surface area contributed by atoms with Gasteiger partial charge < -0.3 is 10.1 Å². The van der Waals surface area contributed by atoms with E-state index >= 15 is 0 Å². The summed E-state index contributed by atoms with van der Waals surface area (Å²) in [4.78, 5) is 11.7. The quantitative estimate of drug-likeness (QED) is 0.879. The van der Waals surface area contributed by atoms with Crippen molar-refractivity contribution in [1.82, 2.24) is 10.6 Å². The molecule has 25 heavy (non-hydrogen) atoms. The molecule has 2 N–H and O–H groups in total. The number of hydrogen-bond donors (Lipinski definition) is 2. The van der Waals surface area contributed by atoms with E-state index in [4.69, 9.17) is 4.74 Å². The SMILES string of the molecule is Cl.O=C1NC[C@H]2C[C@H](c3ccc(OCc4ccccc4F)cc3)N[C@@H]12. The Kier molecular flexibility index (Phi) is 5.25. The van der Waals surface area contributed by atoms with Crippen LogP contribution in [0.2, 0.25) is 0 Å². The second kappa shape index (κ2) is 7.42. The number of carbonyl (C=O) groups excluding carboxylic acids is 1. The molecule has 0 aliphatic carbocycles. The molecule has 2 aliphatic heterocycles. The summed E-state index contributed by atoms with van der Waals surface area (Å²) >= 11 is 0. The van der Waals surface area contributed by atoms with Crippen LogP contribution in [0, 0.1) is 11.7 Å². The van der Waals surface area contributed by atoms with Crippen molar-refractivity contribution in [2.75, 3.05) is 6.54 Å². The maximum Gasteiger partial charge on any atom is 0.237 e. The number of amides is 1. The number of benzene rings is 2. The molecular weight excluding hydrogens is 343 g/mol. The van der Waals surface area contributed by atoms with Crippen LogP contribution in [0.3, 0.4) is 0 Å². The summed E-state index contributed by atoms with van der Waals surface area (Å²) in [5.41, 5.74) is 1.69. The van der Waals surface area contributed by atoms with Gasteiger partial charge in [-0.3, -0.25) is 10.1 Å². The van der Waals surface area contributed by atoms with Gasteiger partial charge in [-0.1, -0.05) is 30.3 Å². The lowest BCUT2D eigenvalue weighted by Gasteiger charge is -2.14. The summed E-state index contributed by atoms with van der Waals surface area (Å²) in [6.45, 7) is 0.967. The third-order valence-electron chi connectivity index (χ3n) is 4.85. The van der Waals surface area contributed by atoms with E-state index in [0.29, 0.717) is 17.2 Å². The maximum absolute atomic E-state index is 13.6. The minimum Gasteiger partial charge on any atom is -0.489 e. The van der Waals surface area contributed by atoms with Crippen molar-refractivity contribution in [1.29, 1.82) is 0 Å². The molecule has 132 valence electrons. The molecule has 0 radical (unpaired) electrons. The summed E-state index contributed by atoms with van der Waals surface area (Å²) in [5, 5.41) is 6.29. The fraction of sp³-hybridized carbons (Fsp3) is 0.316. The van der Waals surface area contributed by atoms with Gasteiger partial charge in [0, 0.05) is 24.1 Å². The third kappa shape index (κ3) is 3.62. The number of hydrogen-bond acceptors (Lipinski definition) is 3. The van der Waals surface area contributed by atoms with Crippen LogP contribution in [0.15, 0.2) is 48.5 Å². The first kappa shape index (κ1) is 17.7. The van der Waals surface area contributed by atoms with Gasteiger partial charge in [-0.25, -0.2) is 4.39 Å². The average Bonchev–Trinajstić information content (AvgIpc) is 3.17. The molecule has 4 rings (SSSR count).